The number of aliphatic imine (C=N–C) groups is 1. The van der Waals surface area contributed by atoms with Crippen LogP contribution < -0.4 is 10.6 Å². The highest BCUT2D eigenvalue weighted by Crippen LogP contribution is 2.07. The van der Waals surface area contributed by atoms with Gasteiger partial charge in [-0.1, -0.05) is 24.3 Å². The van der Waals surface area contributed by atoms with Gasteiger partial charge in [-0.25, -0.2) is 9.98 Å². The summed E-state index contributed by atoms with van der Waals surface area (Å²) in [7, 11) is 0. The Labute approximate surface area is 155 Å². The van der Waals surface area contributed by atoms with E-state index in [1.165, 1.54) is 11.1 Å². The van der Waals surface area contributed by atoms with Crippen LogP contribution in [0.25, 0.3) is 0 Å². The molecule has 0 spiro atoms. The Balaban J connectivity index is 0.00000264. The number of halogens is 1. The third-order valence-electron chi connectivity index (χ3n) is 3.14. The average molecular weight is 427 g/mol. The Bertz CT molecular complexity index is 576. The van der Waals surface area contributed by atoms with E-state index in [-0.39, 0.29) is 24.0 Å². The van der Waals surface area contributed by atoms with Crippen LogP contribution in [0.2, 0.25) is 0 Å². The largest absolute Gasteiger partial charge is 0.357 e. The molecule has 0 aliphatic rings. The van der Waals surface area contributed by atoms with E-state index >= 15 is 0 Å². The molecule has 6 heteroatoms. The number of aromatic nitrogens is 2. The lowest BCUT2D eigenvalue weighted by molar-refractivity contribution is 0.700. The quantitative estimate of drug-likeness (QED) is 0.424. The van der Waals surface area contributed by atoms with Gasteiger partial charge in [-0.3, -0.25) is 0 Å². The van der Waals surface area contributed by atoms with Crippen LogP contribution in [0, 0.1) is 0 Å². The average Bonchev–Trinajstić information content (AvgIpc) is 2.99. The van der Waals surface area contributed by atoms with E-state index in [0.29, 0.717) is 12.6 Å². The molecule has 1 heterocycles. The molecule has 2 N–H and O–H groups in total. The molecule has 2 rings (SSSR count). The van der Waals surface area contributed by atoms with Crippen molar-refractivity contribution in [3.63, 3.8) is 0 Å². The third kappa shape index (κ3) is 7.02. The summed E-state index contributed by atoms with van der Waals surface area (Å²) in [5.41, 5.74) is 2.47. The van der Waals surface area contributed by atoms with Gasteiger partial charge in [0.2, 0.25) is 0 Å². The lowest BCUT2D eigenvalue weighted by atomic mass is 10.1. The lowest BCUT2D eigenvalue weighted by Gasteiger charge is -2.14. The zero-order valence-electron chi connectivity index (χ0n) is 14.0. The maximum absolute atomic E-state index is 4.61. The summed E-state index contributed by atoms with van der Waals surface area (Å²) in [6, 6.07) is 8.93. The molecule has 0 fully saturated rings. The Hall–Kier alpha value is -1.57. The molecule has 0 saturated carbocycles. The zero-order valence-corrected chi connectivity index (χ0v) is 16.3. The highest BCUT2D eigenvalue weighted by molar-refractivity contribution is 14.0. The van der Waals surface area contributed by atoms with Crippen molar-refractivity contribution in [2.24, 2.45) is 4.99 Å². The molecule has 0 aliphatic heterocycles. The Morgan fingerprint density at radius 3 is 2.48 bits per heavy atom. The van der Waals surface area contributed by atoms with Crippen LogP contribution in [0.1, 0.15) is 31.9 Å². The standard InChI is InChI=1S/C17H25N5.HI/c1-4-19-17(21-14(2)3)20-11-15-5-7-16(8-6-15)12-22-10-9-18-13-22;/h5-10,13-14H,4,11-12H2,1-3H3,(H2,19,20,21);1H. The van der Waals surface area contributed by atoms with Crippen LogP contribution in [0.4, 0.5) is 0 Å². The molecule has 0 aliphatic carbocycles. The first kappa shape index (κ1) is 19.5. The molecule has 126 valence electrons. The fourth-order valence-corrected chi connectivity index (χ4v) is 2.10. The van der Waals surface area contributed by atoms with E-state index in [0.717, 1.165) is 19.0 Å². The lowest BCUT2D eigenvalue weighted by Crippen LogP contribution is -2.40. The van der Waals surface area contributed by atoms with Crippen LogP contribution in [0.3, 0.4) is 0 Å². The van der Waals surface area contributed by atoms with Crippen LogP contribution in [0.15, 0.2) is 48.0 Å². The molecular weight excluding hydrogens is 401 g/mol. The van der Waals surface area contributed by atoms with Gasteiger partial charge in [-0.15, -0.1) is 24.0 Å². The Morgan fingerprint density at radius 2 is 1.91 bits per heavy atom. The normalized spacial score (nSPS) is 11.2. The fourth-order valence-electron chi connectivity index (χ4n) is 2.10. The van der Waals surface area contributed by atoms with Crippen molar-refractivity contribution in [3.8, 4) is 0 Å². The predicted molar refractivity (Wildman–Crippen MR) is 106 cm³/mol. The SMILES string of the molecule is CCNC(=NCc1ccc(Cn2ccnc2)cc1)NC(C)C.I. The maximum atomic E-state index is 4.61. The van der Waals surface area contributed by atoms with Gasteiger partial charge in [0.1, 0.15) is 0 Å². The summed E-state index contributed by atoms with van der Waals surface area (Å²) < 4.78 is 2.06. The molecule has 1 aromatic heterocycles. The molecule has 0 radical (unpaired) electrons. The first-order valence-electron chi connectivity index (χ1n) is 7.75. The van der Waals surface area contributed by atoms with Gasteiger partial charge < -0.3 is 15.2 Å². The van der Waals surface area contributed by atoms with Gasteiger partial charge in [-0.2, -0.15) is 0 Å². The number of hydrogen-bond donors (Lipinski definition) is 2. The number of imidazole rings is 1. The van der Waals surface area contributed by atoms with Crippen LogP contribution in [-0.4, -0.2) is 28.1 Å². The Kier molecular flexibility index (Phi) is 8.68. The van der Waals surface area contributed by atoms with Crippen LogP contribution >= 0.6 is 24.0 Å². The zero-order chi connectivity index (χ0) is 15.8. The molecule has 0 bridgehead atoms. The molecule has 0 amide bonds. The van der Waals surface area contributed by atoms with Crippen LogP contribution in [0.5, 0.6) is 0 Å². The van der Waals surface area contributed by atoms with Crippen molar-refractivity contribution in [1.82, 2.24) is 20.2 Å². The van der Waals surface area contributed by atoms with Gasteiger partial charge in [-0.05, 0) is 31.9 Å². The van der Waals surface area contributed by atoms with Gasteiger partial charge in [0.15, 0.2) is 5.96 Å². The van der Waals surface area contributed by atoms with Crippen LogP contribution in [-0.2, 0) is 13.1 Å². The van der Waals surface area contributed by atoms with E-state index in [9.17, 15) is 0 Å². The third-order valence-corrected chi connectivity index (χ3v) is 3.14. The molecule has 0 unspecified atom stereocenters. The summed E-state index contributed by atoms with van der Waals surface area (Å²) in [5.74, 6) is 0.861. The number of benzene rings is 1. The van der Waals surface area contributed by atoms with Gasteiger partial charge in [0.05, 0.1) is 12.9 Å². The summed E-state index contributed by atoms with van der Waals surface area (Å²) in [5, 5.41) is 6.57. The molecule has 23 heavy (non-hydrogen) atoms. The highest BCUT2D eigenvalue weighted by Gasteiger charge is 2.00. The minimum atomic E-state index is 0. The topological polar surface area (TPSA) is 54.2 Å². The number of nitrogens with one attached hydrogen (secondary N) is 2. The van der Waals surface area contributed by atoms with E-state index in [4.69, 9.17) is 0 Å². The van der Waals surface area contributed by atoms with E-state index in [2.05, 4.69) is 70.2 Å². The van der Waals surface area contributed by atoms with Crippen molar-refractivity contribution in [2.75, 3.05) is 6.54 Å². The molecule has 0 atom stereocenters. The minimum absolute atomic E-state index is 0. The summed E-state index contributed by atoms with van der Waals surface area (Å²) in [6.45, 7) is 8.68. The number of hydrogen-bond acceptors (Lipinski definition) is 2. The smallest absolute Gasteiger partial charge is 0.191 e. The van der Waals surface area contributed by atoms with E-state index < -0.39 is 0 Å². The van der Waals surface area contributed by atoms with Crippen molar-refractivity contribution in [3.05, 3.63) is 54.1 Å². The molecule has 2 aromatic rings. The van der Waals surface area contributed by atoms with Crippen molar-refractivity contribution < 1.29 is 0 Å². The van der Waals surface area contributed by atoms with Gasteiger partial charge in [0.25, 0.3) is 0 Å². The molecular formula is C17H26IN5. The minimum Gasteiger partial charge on any atom is -0.357 e. The summed E-state index contributed by atoms with van der Waals surface area (Å²) in [6.07, 6.45) is 5.60. The van der Waals surface area contributed by atoms with E-state index in [1.807, 2.05) is 12.5 Å². The summed E-state index contributed by atoms with van der Waals surface area (Å²) in [4.78, 5) is 8.67. The summed E-state index contributed by atoms with van der Waals surface area (Å²) >= 11 is 0. The monoisotopic (exact) mass is 427 g/mol. The number of rotatable bonds is 6. The number of nitrogens with zero attached hydrogens (tertiary/aromatic N) is 3. The van der Waals surface area contributed by atoms with Crippen molar-refractivity contribution in [1.29, 1.82) is 0 Å². The second-order valence-electron chi connectivity index (χ2n) is 5.55. The van der Waals surface area contributed by atoms with Gasteiger partial charge >= 0.3 is 0 Å². The Morgan fingerprint density at radius 1 is 1.22 bits per heavy atom. The maximum Gasteiger partial charge on any atom is 0.191 e. The first-order valence-corrected chi connectivity index (χ1v) is 7.75. The first-order chi connectivity index (χ1) is 10.7. The highest BCUT2D eigenvalue weighted by atomic mass is 127. The molecule has 5 nitrogen and oxygen atoms in total. The van der Waals surface area contributed by atoms with E-state index in [1.54, 1.807) is 6.20 Å². The molecule has 1 aromatic carbocycles. The number of guanidine groups is 1. The van der Waals surface area contributed by atoms with Gasteiger partial charge in [0, 0.05) is 31.5 Å². The second-order valence-corrected chi connectivity index (χ2v) is 5.55. The van der Waals surface area contributed by atoms with Crippen molar-refractivity contribution >= 4 is 29.9 Å². The van der Waals surface area contributed by atoms with Crippen molar-refractivity contribution in [2.45, 2.75) is 39.9 Å². The fraction of sp³-hybridized carbons (Fsp3) is 0.412. The second kappa shape index (κ2) is 10.3. The predicted octanol–water partition coefficient (Wildman–Crippen LogP) is 3.01. The molecule has 0 saturated heterocycles.